The molecular formula is C13H25N3O. The lowest BCUT2D eigenvalue weighted by atomic mass is 9.93. The molecule has 0 spiro atoms. The fourth-order valence-corrected chi connectivity index (χ4v) is 3.26. The number of hydrogen-bond acceptors (Lipinski definition) is 3. The van der Waals surface area contributed by atoms with Crippen molar-refractivity contribution in [3.05, 3.63) is 0 Å². The number of likely N-dealkylation sites (tertiary alicyclic amines) is 1. The molecule has 17 heavy (non-hydrogen) atoms. The molecule has 2 N–H and O–H groups in total. The van der Waals surface area contributed by atoms with Crippen LogP contribution in [-0.2, 0) is 4.79 Å². The first kappa shape index (κ1) is 12.8. The summed E-state index contributed by atoms with van der Waals surface area (Å²) in [5.41, 5.74) is 6.06. The average Bonchev–Trinajstić information content (AvgIpc) is 2.75. The van der Waals surface area contributed by atoms with Gasteiger partial charge in [-0.2, -0.15) is 0 Å². The minimum absolute atomic E-state index is 0.157. The number of carbonyl (C=O) groups is 1. The molecule has 2 rings (SSSR count). The zero-order chi connectivity index (χ0) is 12.5. The normalized spacial score (nSPS) is 29.1. The number of hydrogen-bond donors (Lipinski definition) is 1. The van der Waals surface area contributed by atoms with Gasteiger partial charge in [0.15, 0.2) is 0 Å². The Hall–Kier alpha value is -0.610. The van der Waals surface area contributed by atoms with E-state index >= 15 is 0 Å². The summed E-state index contributed by atoms with van der Waals surface area (Å²) in [4.78, 5) is 16.4. The number of likely N-dealkylation sites (N-methyl/N-ethyl adjacent to an activating group) is 1. The molecule has 1 amide bonds. The summed E-state index contributed by atoms with van der Waals surface area (Å²) in [6.45, 7) is 1.76. The predicted molar refractivity (Wildman–Crippen MR) is 68.7 cm³/mol. The van der Waals surface area contributed by atoms with Crippen molar-refractivity contribution < 1.29 is 4.79 Å². The second-order valence-electron chi connectivity index (χ2n) is 5.83. The van der Waals surface area contributed by atoms with E-state index in [2.05, 4.69) is 19.0 Å². The molecule has 1 saturated carbocycles. The molecule has 0 aromatic rings. The molecule has 4 nitrogen and oxygen atoms in total. The smallest absolute Gasteiger partial charge is 0.239 e. The molecule has 0 aromatic heterocycles. The van der Waals surface area contributed by atoms with Crippen LogP contribution in [0.1, 0.15) is 38.5 Å². The van der Waals surface area contributed by atoms with Crippen molar-refractivity contribution in [2.24, 2.45) is 5.73 Å². The monoisotopic (exact) mass is 239 g/mol. The minimum Gasteiger partial charge on any atom is -0.339 e. The lowest BCUT2D eigenvalue weighted by Crippen LogP contribution is -2.57. The molecule has 1 aliphatic heterocycles. The van der Waals surface area contributed by atoms with Gasteiger partial charge in [-0.05, 0) is 39.8 Å². The Labute approximate surface area is 104 Å². The maximum absolute atomic E-state index is 12.1. The molecule has 2 fully saturated rings. The van der Waals surface area contributed by atoms with E-state index in [4.69, 9.17) is 5.73 Å². The van der Waals surface area contributed by atoms with E-state index < -0.39 is 0 Å². The standard InChI is InChI=1S/C13H25N3O/c1-15(2)13(7-3-4-8-13)10-16-9-5-6-11(14)12(16)17/h11H,3-10,14H2,1-2H3. The summed E-state index contributed by atoms with van der Waals surface area (Å²) in [5.74, 6) is 0.157. The minimum atomic E-state index is -0.260. The summed E-state index contributed by atoms with van der Waals surface area (Å²) in [6.07, 6.45) is 6.89. The third-order valence-corrected chi connectivity index (χ3v) is 4.54. The van der Waals surface area contributed by atoms with Gasteiger partial charge in [0, 0.05) is 18.6 Å². The zero-order valence-corrected chi connectivity index (χ0v) is 11.1. The number of amides is 1. The number of piperidine rings is 1. The molecule has 2 aliphatic rings. The molecule has 1 atom stereocenters. The number of nitrogens with zero attached hydrogens (tertiary/aromatic N) is 2. The fourth-order valence-electron chi connectivity index (χ4n) is 3.26. The lowest BCUT2D eigenvalue weighted by Gasteiger charge is -2.42. The number of rotatable bonds is 3. The van der Waals surface area contributed by atoms with Gasteiger partial charge < -0.3 is 15.5 Å². The van der Waals surface area contributed by atoms with Gasteiger partial charge >= 0.3 is 0 Å². The van der Waals surface area contributed by atoms with Crippen LogP contribution < -0.4 is 5.73 Å². The van der Waals surface area contributed by atoms with Crippen molar-refractivity contribution in [3.8, 4) is 0 Å². The Morgan fingerprint density at radius 2 is 2.00 bits per heavy atom. The molecule has 1 unspecified atom stereocenters. The van der Waals surface area contributed by atoms with E-state index in [1.165, 1.54) is 25.7 Å². The first-order valence-corrected chi connectivity index (χ1v) is 6.77. The molecule has 98 valence electrons. The van der Waals surface area contributed by atoms with Crippen molar-refractivity contribution in [3.63, 3.8) is 0 Å². The Morgan fingerprint density at radius 1 is 1.35 bits per heavy atom. The number of carbonyl (C=O) groups excluding carboxylic acids is 1. The van der Waals surface area contributed by atoms with Crippen LogP contribution in [-0.4, -0.2) is 54.5 Å². The summed E-state index contributed by atoms with van der Waals surface area (Å²) < 4.78 is 0. The second-order valence-corrected chi connectivity index (χ2v) is 5.83. The Kier molecular flexibility index (Phi) is 3.73. The van der Waals surface area contributed by atoms with Crippen LogP contribution >= 0.6 is 0 Å². The zero-order valence-electron chi connectivity index (χ0n) is 11.1. The highest BCUT2D eigenvalue weighted by Crippen LogP contribution is 2.35. The summed E-state index contributed by atoms with van der Waals surface area (Å²) >= 11 is 0. The fraction of sp³-hybridized carbons (Fsp3) is 0.923. The van der Waals surface area contributed by atoms with E-state index in [1.54, 1.807) is 0 Å². The first-order chi connectivity index (χ1) is 8.05. The maximum Gasteiger partial charge on any atom is 0.239 e. The molecule has 0 radical (unpaired) electrons. The maximum atomic E-state index is 12.1. The quantitative estimate of drug-likeness (QED) is 0.793. The van der Waals surface area contributed by atoms with E-state index in [9.17, 15) is 4.79 Å². The van der Waals surface area contributed by atoms with Gasteiger partial charge in [-0.3, -0.25) is 4.79 Å². The second kappa shape index (κ2) is 4.94. The van der Waals surface area contributed by atoms with Crippen molar-refractivity contribution >= 4 is 5.91 Å². The van der Waals surface area contributed by atoms with Crippen molar-refractivity contribution in [2.75, 3.05) is 27.2 Å². The summed E-state index contributed by atoms with van der Waals surface area (Å²) in [6, 6.07) is -0.260. The predicted octanol–water partition coefficient (Wildman–Crippen LogP) is 0.810. The van der Waals surface area contributed by atoms with Crippen molar-refractivity contribution in [2.45, 2.75) is 50.1 Å². The topological polar surface area (TPSA) is 49.6 Å². The van der Waals surface area contributed by atoms with E-state index in [0.29, 0.717) is 0 Å². The Morgan fingerprint density at radius 3 is 2.59 bits per heavy atom. The first-order valence-electron chi connectivity index (χ1n) is 6.77. The van der Waals surface area contributed by atoms with Gasteiger partial charge in [0.1, 0.15) is 0 Å². The van der Waals surface area contributed by atoms with Crippen molar-refractivity contribution in [1.82, 2.24) is 9.80 Å². The summed E-state index contributed by atoms with van der Waals surface area (Å²) in [7, 11) is 4.28. The molecule has 1 heterocycles. The van der Waals surface area contributed by atoms with Crippen LogP contribution in [0.5, 0.6) is 0 Å². The highest BCUT2D eigenvalue weighted by atomic mass is 16.2. The summed E-state index contributed by atoms with van der Waals surface area (Å²) in [5, 5.41) is 0. The van der Waals surface area contributed by atoms with Crippen LogP contribution in [0.4, 0.5) is 0 Å². The van der Waals surface area contributed by atoms with Gasteiger partial charge in [0.05, 0.1) is 6.04 Å². The van der Waals surface area contributed by atoms with Crippen LogP contribution in [0.15, 0.2) is 0 Å². The van der Waals surface area contributed by atoms with E-state index in [-0.39, 0.29) is 17.5 Å². The molecular weight excluding hydrogens is 214 g/mol. The average molecular weight is 239 g/mol. The molecule has 4 heteroatoms. The Bertz CT molecular complexity index is 284. The molecule has 0 bridgehead atoms. The van der Waals surface area contributed by atoms with E-state index in [1.807, 2.05) is 4.90 Å². The SMILES string of the molecule is CN(C)C1(CN2CCCC(N)C2=O)CCCC1. The van der Waals surface area contributed by atoms with Gasteiger partial charge in [-0.15, -0.1) is 0 Å². The van der Waals surface area contributed by atoms with Gasteiger partial charge in [-0.25, -0.2) is 0 Å². The van der Waals surface area contributed by atoms with Gasteiger partial charge in [0.25, 0.3) is 0 Å². The van der Waals surface area contributed by atoms with Gasteiger partial charge in [-0.1, -0.05) is 12.8 Å². The van der Waals surface area contributed by atoms with Gasteiger partial charge in [0.2, 0.25) is 5.91 Å². The third kappa shape index (κ3) is 2.47. The van der Waals surface area contributed by atoms with Crippen LogP contribution in [0, 0.1) is 0 Å². The van der Waals surface area contributed by atoms with Crippen molar-refractivity contribution in [1.29, 1.82) is 0 Å². The third-order valence-electron chi connectivity index (χ3n) is 4.54. The number of nitrogens with two attached hydrogens (primary N) is 1. The van der Waals surface area contributed by atoms with E-state index in [0.717, 1.165) is 25.9 Å². The van der Waals surface area contributed by atoms with Crippen LogP contribution in [0.2, 0.25) is 0 Å². The highest BCUT2D eigenvalue weighted by molar-refractivity contribution is 5.82. The molecule has 1 aliphatic carbocycles. The Balaban J connectivity index is 2.05. The molecule has 0 aromatic carbocycles. The van der Waals surface area contributed by atoms with Crippen LogP contribution in [0.3, 0.4) is 0 Å². The van der Waals surface area contributed by atoms with Crippen LogP contribution in [0.25, 0.3) is 0 Å². The highest BCUT2D eigenvalue weighted by Gasteiger charge is 2.40. The molecule has 1 saturated heterocycles. The largest absolute Gasteiger partial charge is 0.339 e. The lowest BCUT2D eigenvalue weighted by molar-refractivity contribution is -0.136.